The lowest BCUT2D eigenvalue weighted by Crippen LogP contribution is -2.31. The fourth-order valence-corrected chi connectivity index (χ4v) is 5.76. The summed E-state index contributed by atoms with van der Waals surface area (Å²) in [6.45, 7) is 0.133. The molecule has 0 N–H and O–H groups in total. The van der Waals surface area contributed by atoms with Crippen LogP contribution in [-0.4, -0.2) is 37.6 Å². The molecule has 2 heterocycles. The quantitative estimate of drug-likeness (QED) is 0.705. The highest BCUT2D eigenvalue weighted by atomic mass is 35.5. The number of nitrogens with zero attached hydrogens (tertiary/aromatic N) is 2. The molecule has 1 saturated heterocycles. The smallest absolute Gasteiger partial charge is 0.244 e. The predicted octanol–water partition coefficient (Wildman–Crippen LogP) is 4.21. The van der Waals surface area contributed by atoms with Crippen LogP contribution in [0.15, 0.2) is 46.4 Å². The van der Waals surface area contributed by atoms with E-state index in [1.807, 2.05) is 0 Å². The van der Waals surface area contributed by atoms with Gasteiger partial charge in [0.1, 0.15) is 10.7 Å². The summed E-state index contributed by atoms with van der Waals surface area (Å²) < 4.78 is 41.5. The van der Waals surface area contributed by atoms with Gasteiger partial charge in [0.2, 0.25) is 10.0 Å². The first-order chi connectivity index (χ1) is 12.8. The van der Waals surface area contributed by atoms with Crippen molar-refractivity contribution in [2.45, 2.75) is 11.0 Å². The molecule has 10 heteroatoms. The number of benzene rings is 2. The molecule has 2 aliphatic heterocycles. The summed E-state index contributed by atoms with van der Waals surface area (Å²) in [5, 5.41) is 4.48. The van der Waals surface area contributed by atoms with Crippen LogP contribution in [0.5, 0.6) is 0 Å². The van der Waals surface area contributed by atoms with E-state index in [4.69, 9.17) is 39.6 Å². The van der Waals surface area contributed by atoms with Crippen LogP contribution in [0.4, 0.5) is 4.39 Å². The first-order valence-corrected chi connectivity index (χ1v) is 10.5. The number of sulfonamides is 1. The minimum atomic E-state index is -3.90. The molecule has 5 nitrogen and oxygen atoms in total. The SMILES string of the molecule is O=S(=O)(c1cc(Cl)ccc1Cl)N1CC2ON=C(c3c(F)cccc3Cl)C2C1. The lowest BCUT2D eigenvalue weighted by molar-refractivity contribution is 0.0803. The molecule has 2 unspecified atom stereocenters. The average Bonchev–Trinajstić information content (AvgIpc) is 3.19. The van der Waals surface area contributed by atoms with E-state index >= 15 is 0 Å². The highest BCUT2D eigenvalue weighted by molar-refractivity contribution is 7.89. The number of oxime groups is 1. The molecule has 2 aromatic carbocycles. The van der Waals surface area contributed by atoms with Crippen molar-refractivity contribution in [2.75, 3.05) is 13.1 Å². The van der Waals surface area contributed by atoms with Crippen LogP contribution in [0.3, 0.4) is 0 Å². The molecule has 142 valence electrons. The standard InChI is InChI=1S/C17H12Cl3FN2O3S/c18-9-4-5-11(19)15(6-9)27(24,25)23-7-10-14(8-23)26-22-17(10)16-12(20)2-1-3-13(16)21/h1-6,10,14H,7-8H2. The van der Waals surface area contributed by atoms with Gasteiger partial charge in [-0.25, -0.2) is 12.8 Å². The molecule has 0 radical (unpaired) electrons. The molecule has 2 atom stereocenters. The van der Waals surface area contributed by atoms with Crippen molar-refractivity contribution >= 4 is 50.5 Å². The molecule has 0 bridgehead atoms. The van der Waals surface area contributed by atoms with Crippen LogP contribution in [0.2, 0.25) is 15.1 Å². The summed E-state index contributed by atoms with van der Waals surface area (Å²) in [6.07, 6.45) is -0.525. The molecule has 0 amide bonds. The highest BCUT2D eigenvalue weighted by Gasteiger charge is 2.48. The molecular weight excluding hydrogens is 438 g/mol. The fraction of sp³-hybridized carbons (Fsp3) is 0.235. The van der Waals surface area contributed by atoms with E-state index in [1.54, 1.807) is 6.07 Å². The van der Waals surface area contributed by atoms with Crippen LogP contribution in [0.25, 0.3) is 0 Å². The van der Waals surface area contributed by atoms with Gasteiger partial charge in [-0.05, 0) is 30.3 Å². The van der Waals surface area contributed by atoms with Gasteiger partial charge in [0, 0.05) is 11.6 Å². The Morgan fingerprint density at radius 1 is 1.11 bits per heavy atom. The van der Waals surface area contributed by atoms with Crippen LogP contribution in [0, 0.1) is 11.7 Å². The van der Waals surface area contributed by atoms with Gasteiger partial charge >= 0.3 is 0 Å². The number of hydrogen-bond acceptors (Lipinski definition) is 4. The van der Waals surface area contributed by atoms with E-state index in [9.17, 15) is 12.8 Å². The van der Waals surface area contributed by atoms with Gasteiger partial charge in [-0.2, -0.15) is 4.31 Å². The fourth-order valence-electron chi connectivity index (χ4n) is 3.28. The van der Waals surface area contributed by atoms with Crippen molar-refractivity contribution in [3.05, 3.63) is 62.8 Å². The molecule has 0 aliphatic carbocycles. The first-order valence-electron chi connectivity index (χ1n) is 7.92. The second-order valence-electron chi connectivity index (χ2n) is 6.22. The zero-order valence-corrected chi connectivity index (χ0v) is 16.7. The second-order valence-corrected chi connectivity index (χ2v) is 9.38. The zero-order valence-electron chi connectivity index (χ0n) is 13.6. The van der Waals surface area contributed by atoms with E-state index < -0.39 is 27.9 Å². The van der Waals surface area contributed by atoms with Crippen molar-refractivity contribution < 1.29 is 17.6 Å². The van der Waals surface area contributed by atoms with Crippen molar-refractivity contribution in [3.63, 3.8) is 0 Å². The summed E-state index contributed by atoms with van der Waals surface area (Å²) in [4.78, 5) is 5.28. The molecular formula is C17H12Cl3FN2O3S. The van der Waals surface area contributed by atoms with Crippen LogP contribution in [-0.2, 0) is 14.9 Å². The maximum atomic E-state index is 14.3. The van der Waals surface area contributed by atoms with E-state index in [0.29, 0.717) is 5.71 Å². The second kappa shape index (κ2) is 6.90. The highest BCUT2D eigenvalue weighted by Crippen LogP contribution is 2.37. The Labute approximate surface area is 170 Å². The van der Waals surface area contributed by atoms with E-state index in [2.05, 4.69) is 5.16 Å². The minimum Gasteiger partial charge on any atom is -0.390 e. The molecule has 0 saturated carbocycles. The number of halogens is 4. The third-order valence-corrected chi connectivity index (χ3v) is 7.46. The molecule has 2 aliphatic rings. The molecule has 0 aromatic heterocycles. The monoisotopic (exact) mass is 448 g/mol. The van der Waals surface area contributed by atoms with Gasteiger partial charge in [-0.15, -0.1) is 0 Å². The Hall–Kier alpha value is -1.38. The van der Waals surface area contributed by atoms with Gasteiger partial charge < -0.3 is 4.84 Å². The first kappa shape index (κ1) is 19.0. The maximum absolute atomic E-state index is 14.3. The molecule has 27 heavy (non-hydrogen) atoms. The molecule has 0 spiro atoms. The minimum absolute atomic E-state index is 0.0644. The summed E-state index contributed by atoms with van der Waals surface area (Å²) >= 11 is 18.1. The van der Waals surface area contributed by atoms with E-state index in [0.717, 1.165) is 0 Å². The van der Waals surface area contributed by atoms with Gasteiger partial charge in [-0.3, -0.25) is 0 Å². The molecule has 4 rings (SSSR count). The third-order valence-electron chi connectivity index (χ3n) is 4.60. The van der Waals surface area contributed by atoms with Crippen LogP contribution in [0.1, 0.15) is 5.56 Å². The number of rotatable bonds is 3. The van der Waals surface area contributed by atoms with Gasteiger partial charge in [0.15, 0.2) is 6.10 Å². The third kappa shape index (κ3) is 3.21. The lowest BCUT2D eigenvalue weighted by atomic mass is 9.94. The van der Waals surface area contributed by atoms with E-state index in [-0.39, 0.29) is 38.6 Å². The average molecular weight is 450 g/mol. The molecule has 1 fully saturated rings. The van der Waals surface area contributed by atoms with Crippen LogP contribution < -0.4 is 0 Å². The largest absolute Gasteiger partial charge is 0.390 e. The number of fused-ring (bicyclic) bond motifs is 1. The van der Waals surface area contributed by atoms with Crippen molar-refractivity contribution in [1.29, 1.82) is 0 Å². The lowest BCUT2D eigenvalue weighted by Gasteiger charge is -2.18. The summed E-state index contributed by atoms with van der Waals surface area (Å²) in [5.74, 6) is -0.975. The summed E-state index contributed by atoms with van der Waals surface area (Å²) in [6, 6.07) is 8.54. The maximum Gasteiger partial charge on any atom is 0.244 e. The normalized spacial score (nSPS) is 22.4. The zero-order chi connectivity index (χ0) is 19.3. The Bertz CT molecular complexity index is 1040. The van der Waals surface area contributed by atoms with Crippen molar-refractivity contribution in [1.82, 2.24) is 4.31 Å². The summed E-state index contributed by atoms with van der Waals surface area (Å²) in [7, 11) is -3.90. The van der Waals surface area contributed by atoms with E-state index in [1.165, 1.54) is 34.6 Å². The van der Waals surface area contributed by atoms with Crippen LogP contribution >= 0.6 is 34.8 Å². The topological polar surface area (TPSA) is 59.0 Å². The van der Waals surface area contributed by atoms with Gasteiger partial charge in [-0.1, -0.05) is 46.0 Å². The van der Waals surface area contributed by atoms with Crippen molar-refractivity contribution in [2.24, 2.45) is 11.1 Å². The Morgan fingerprint density at radius 3 is 2.63 bits per heavy atom. The Kier molecular flexibility index (Phi) is 4.84. The van der Waals surface area contributed by atoms with Crippen molar-refractivity contribution in [3.8, 4) is 0 Å². The van der Waals surface area contributed by atoms with Gasteiger partial charge in [0.25, 0.3) is 0 Å². The Balaban J connectivity index is 1.66. The summed E-state index contributed by atoms with van der Waals surface area (Å²) in [5.41, 5.74) is 0.435. The molecule has 2 aromatic rings. The Morgan fingerprint density at radius 2 is 1.89 bits per heavy atom. The number of hydrogen-bond donors (Lipinski definition) is 0. The van der Waals surface area contributed by atoms with Gasteiger partial charge in [0.05, 0.1) is 33.8 Å². The predicted molar refractivity (Wildman–Crippen MR) is 102 cm³/mol.